The zero-order chi connectivity index (χ0) is 8.55. The summed E-state index contributed by atoms with van der Waals surface area (Å²) in [6.45, 7) is 1.44. The molecule has 1 saturated heterocycles. The minimum Gasteiger partial charge on any atom is -0.371 e. The van der Waals surface area contributed by atoms with Gasteiger partial charge in [-0.3, -0.25) is 4.79 Å². The van der Waals surface area contributed by atoms with Crippen molar-refractivity contribution in [1.29, 1.82) is 0 Å². The highest BCUT2D eigenvalue weighted by molar-refractivity contribution is 9.10. The molecule has 1 atom stereocenters. The van der Waals surface area contributed by atoms with Crippen LogP contribution in [0.1, 0.15) is 0 Å². The second-order valence-corrected chi connectivity index (χ2v) is 3.71. The first-order valence-electron chi connectivity index (χ1n) is 3.73. The van der Waals surface area contributed by atoms with Crippen LogP contribution in [0.4, 0.5) is 0 Å². The van der Waals surface area contributed by atoms with Gasteiger partial charge >= 0.3 is 0 Å². The maximum atomic E-state index is 11.2. The zero-order valence-electron chi connectivity index (χ0n) is 6.37. The fourth-order valence-corrected chi connectivity index (χ4v) is 1.42. The van der Waals surface area contributed by atoms with Crippen LogP contribution in [-0.4, -0.2) is 17.3 Å². The van der Waals surface area contributed by atoms with Crippen LogP contribution in [0, 0.1) is 0 Å². The van der Waals surface area contributed by atoms with E-state index in [0.717, 1.165) is 11.1 Å². The summed E-state index contributed by atoms with van der Waals surface area (Å²) in [5.74, 6) is 0. The Balaban J connectivity index is 2.27. The van der Waals surface area contributed by atoms with E-state index in [1.54, 1.807) is 22.9 Å². The molecule has 2 heterocycles. The van der Waals surface area contributed by atoms with Crippen molar-refractivity contribution in [3.63, 3.8) is 0 Å². The third-order valence-electron chi connectivity index (χ3n) is 1.75. The Kier molecular flexibility index (Phi) is 2.02. The third kappa shape index (κ3) is 1.76. The summed E-state index contributed by atoms with van der Waals surface area (Å²) in [6, 6.07) is 3.29. The lowest BCUT2D eigenvalue weighted by Crippen LogP contribution is -2.20. The van der Waals surface area contributed by atoms with Gasteiger partial charge in [0.1, 0.15) is 0 Å². The molecule has 1 aromatic heterocycles. The van der Waals surface area contributed by atoms with E-state index >= 15 is 0 Å². The number of pyridine rings is 1. The van der Waals surface area contributed by atoms with E-state index in [-0.39, 0.29) is 11.7 Å². The van der Waals surface area contributed by atoms with Gasteiger partial charge in [-0.15, -0.1) is 0 Å². The highest BCUT2D eigenvalue weighted by atomic mass is 79.9. The molecule has 2 rings (SSSR count). The fourth-order valence-electron chi connectivity index (χ4n) is 1.04. The van der Waals surface area contributed by atoms with Crippen molar-refractivity contribution in [2.75, 3.05) is 6.61 Å². The normalized spacial score (nSPS) is 20.9. The van der Waals surface area contributed by atoms with Gasteiger partial charge in [-0.25, -0.2) is 0 Å². The second kappa shape index (κ2) is 3.03. The van der Waals surface area contributed by atoms with Crippen LogP contribution < -0.4 is 5.56 Å². The Labute approximate surface area is 78.1 Å². The first kappa shape index (κ1) is 8.01. The van der Waals surface area contributed by atoms with Crippen LogP contribution in [0.25, 0.3) is 0 Å². The Morgan fingerprint density at radius 3 is 3.08 bits per heavy atom. The second-order valence-electron chi connectivity index (χ2n) is 2.79. The van der Waals surface area contributed by atoms with E-state index in [4.69, 9.17) is 4.74 Å². The molecule has 0 spiro atoms. The Hall–Kier alpha value is -0.610. The molecule has 1 aromatic rings. The maximum absolute atomic E-state index is 11.2. The Morgan fingerprint density at radius 2 is 2.42 bits per heavy atom. The van der Waals surface area contributed by atoms with Crippen LogP contribution in [0.3, 0.4) is 0 Å². The van der Waals surface area contributed by atoms with Crippen molar-refractivity contribution in [1.82, 2.24) is 4.57 Å². The summed E-state index contributed by atoms with van der Waals surface area (Å²) in [7, 11) is 0. The smallest absolute Gasteiger partial charge is 0.250 e. The van der Waals surface area contributed by atoms with E-state index in [1.807, 2.05) is 0 Å². The van der Waals surface area contributed by atoms with Crippen LogP contribution in [0.5, 0.6) is 0 Å². The molecule has 0 unspecified atom stereocenters. The summed E-state index contributed by atoms with van der Waals surface area (Å²) >= 11 is 3.31. The number of nitrogens with zero attached hydrogens (tertiary/aromatic N) is 1. The molecule has 0 saturated carbocycles. The number of aromatic nitrogens is 1. The quantitative estimate of drug-likeness (QED) is 0.710. The lowest BCUT2D eigenvalue weighted by Gasteiger charge is -2.01. The van der Waals surface area contributed by atoms with E-state index in [2.05, 4.69) is 15.9 Å². The number of rotatable bonds is 2. The highest BCUT2D eigenvalue weighted by Crippen LogP contribution is 2.12. The number of hydrogen-bond donors (Lipinski definition) is 0. The molecule has 0 amide bonds. The first-order chi connectivity index (χ1) is 5.75. The van der Waals surface area contributed by atoms with Crippen molar-refractivity contribution in [3.05, 3.63) is 33.2 Å². The summed E-state index contributed by atoms with van der Waals surface area (Å²) in [4.78, 5) is 11.2. The molecular formula is C8H8BrNO2. The molecular weight excluding hydrogens is 222 g/mol. The molecule has 0 radical (unpaired) electrons. The monoisotopic (exact) mass is 229 g/mol. The van der Waals surface area contributed by atoms with Gasteiger partial charge in [-0.2, -0.15) is 0 Å². The topological polar surface area (TPSA) is 34.5 Å². The van der Waals surface area contributed by atoms with Gasteiger partial charge in [0.15, 0.2) is 0 Å². The molecule has 3 nitrogen and oxygen atoms in total. The van der Waals surface area contributed by atoms with Gasteiger partial charge in [0.2, 0.25) is 0 Å². The molecule has 4 heteroatoms. The van der Waals surface area contributed by atoms with Crippen LogP contribution >= 0.6 is 15.9 Å². The summed E-state index contributed by atoms with van der Waals surface area (Å²) in [6.07, 6.45) is 2.03. The van der Waals surface area contributed by atoms with Crippen molar-refractivity contribution in [2.45, 2.75) is 12.6 Å². The highest BCUT2D eigenvalue weighted by Gasteiger charge is 2.22. The predicted molar refractivity (Wildman–Crippen MR) is 48.1 cm³/mol. The number of ether oxygens (including phenoxy) is 1. The molecule has 0 aliphatic carbocycles. The maximum Gasteiger partial charge on any atom is 0.250 e. The van der Waals surface area contributed by atoms with Crippen molar-refractivity contribution < 1.29 is 4.74 Å². The molecule has 0 N–H and O–H groups in total. The molecule has 0 bridgehead atoms. The summed E-state index contributed by atoms with van der Waals surface area (Å²) in [5, 5.41) is 0. The van der Waals surface area contributed by atoms with Crippen LogP contribution in [0.15, 0.2) is 27.6 Å². The molecule has 12 heavy (non-hydrogen) atoms. The van der Waals surface area contributed by atoms with Gasteiger partial charge in [-0.1, -0.05) is 0 Å². The lowest BCUT2D eigenvalue weighted by atomic mass is 10.4. The SMILES string of the molecule is O=c1ccc(Br)cn1C[C@@H]1CO1. The van der Waals surface area contributed by atoms with Gasteiger partial charge in [0.05, 0.1) is 19.3 Å². The predicted octanol–water partition coefficient (Wildman–Crippen LogP) is 1.01. The average Bonchev–Trinajstić information content (AvgIpc) is 2.81. The number of halogens is 1. The first-order valence-corrected chi connectivity index (χ1v) is 4.52. The molecule has 1 aliphatic heterocycles. The summed E-state index contributed by atoms with van der Waals surface area (Å²) in [5.41, 5.74) is 0.0219. The number of epoxide rings is 1. The molecule has 64 valence electrons. The fraction of sp³-hybridized carbons (Fsp3) is 0.375. The van der Waals surface area contributed by atoms with E-state index in [0.29, 0.717) is 6.54 Å². The minimum absolute atomic E-state index is 0.0219. The van der Waals surface area contributed by atoms with Gasteiger partial charge in [-0.05, 0) is 22.0 Å². The largest absolute Gasteiger partial charge is 0.371 e. The van der Waals surface area contributed by atoms with Crippen LogP contribution in [-0.2, 0) is 11.3 Å². The molecule has 1 fully saturated rings. The molecule has 1 aliphatic rings. The average molecular weight is 230 g/mol. The Morgan fingerprint density at radius 1 is 1.67 bits per heavy atom. The number of hydrogen-bond acceptors (Lipinski definition) is 2. The van der Waals surface area contributed by atoms with Gasteiger partial charge < -0.3 is 9.30 Å². The third-order valence-corrected chi connectivity index (χ3v) is 2.22. The summed E-state index contributed by atoms with van der Waals surface area (Å²) < 4.78 is 7.61. The van der Waals surface area contributed by atoms with Gasteiger partial charge in [0, 0.05) is 16.7 Å². The van der Waals surface area contributed by atoms with E-state index in [9.17, 15) is 4.79 Å². The standard InChI is InChI=1S/C8H8BrNO2/c9-6-1-2-8(11)10(3-6)4-7-5-12-7/h1-3,7H,4-5H2/t7-/m1/s1. The van der Waals surface area contributed by atoms with Crippen LogP contribution in [0.2, 0.25) is 0 Å². The lowest BCUT2D eigenvalue weighted by molar-refractivity contribution is 0.380. The van der Waals surface area contributed by atoms with Crippen molar-refractivity contribution in [2.24, 2.45) is 0 Å². The van der Waals surface area contributed by atoms with E-state index < -0.39 is 0 Å². The zero-order valence-corrected chi connectivity index (χ0v) is 7.95. The minimum atomic E-state index is 0.0219. The van der Waals surface area contributed by atoms with Crippen molar-refractivity contribution in [3.8, 4) is 0 Å². The van der Waals surface area contributed by atoms with Gasteiger partial charge in [0.25, 0.3) is 5.56 Å². The Bertz CT molecular complexity index is 343. The van der Waals surface area contributed by atoms with Crippen molar-refractivity contribution >= 4 is 15.9 Å². The van der Waals surface area contributed by atoms with E-state index in [1.165, 1.54) is 0 Å². The molecule has 0 aromatic carbocycles.